The topological polar surface area (TPSA) is 73.3 Å². The van der Waals surface area contributed by atoms with Crippen molar-refractivity contribution in [3.8, 4) is 22.8 Å². The lowest BCUT2D eigenvalue weighted by Crippen LogP contribution is -2.16. The van der Waals surface area contributed by atoms with Crippen molar-refractivity contribution in [2.24, 2.45) is 0 Å². The van der Waals surface area contributed by atoms with E-state index in [2.05, 4.69) is 15.3 Å². The molecule has 2 aromatic heterocycles. The van der Waals surface area contributed by atoms with Crippen molar-refractivity contribution < 1.29 is 23.0 Å². The normalized spacial score (nSPS) is 12.5. The van der Waals surface area contributed by atoms with Crippen molar-refractivity contribution in [1.29, 1.82) is 0 Å². The second kappa shape index (κ2) is 7.22. The molecule has 1 aliphatic rings. The van der Waals surface area contributed by atoms with Gasteiger partial charge in [-0.25, -0.2) is 8.78 Å². The number of nitrogens with one attached hydrogen (secondary N) is 1. The van der Waals surface area contributed by atoms with Gasteiger partial charge in [-0.05, 0) is 36.8 Å². The summed E-state index contributed by atoms with van der Waals surface area (Å²) in [6, 6.07) is 7.04. The van der Waals surface area contributed by atoms with E-state index in [9.17, 15) is 13.6 Å². The predicted molar refractivity (Wildman–Crippen MR) is 97.5 cm³/mol. The van der Waals surface area contributed by atoms with Crippen LogP contribution in [0.1, 0.15) is 15.9 Å². The van der Waals surface area contributed by atoms with Crippen LogP contribution in [-0.2, 0) is 0 Å². The number of aryl methyl sites for hydroxylation is 1. The Hall–Kier alpha value is -3.55. The molecule has 3 aromatic rings. The molecule has 0 saturated heterocycles. The second-order valence-corrected chi connectivity index (χ2v) is 6.18. The third-order valence-electron chi connectivity index (χ3n) is 4.27. The summed E-state index contributed by atoms with van der Waals surface area (Å²) < 4.78 is 38.5. The summed E-state index contributed by atoms with van der Waals surface area (Å²) in [5.41, 5.74) is 2.08. The summed E-state index contributed by atoms with van der Waals surface area (Å²) in [5, 5.41) is 2.43. The van der Waals surface area contributed by atoms with Crippen LogP contribution >= 0.6 is 0 Å². The fraction of sp³-hybridized carbons (Fsp3) is 0.150. The lowest BCUT2D eigenvalue weighted by Gasteiger charge is -2.20. The van der Waals surface area contributed by atoms with E-state index in [4.69, 9.17) is 9.47 Å². The summed E-state index contributed by atoms with van der Waals surface area (Å²) in [6.45, 7) is 2.92. The standard InChI is InChI=1S/C20H15F2N3O3/c1-11-6-17-18(28-5-4-27-17)7-13(11)16-3-2-12(8-24-16)25-20(26)19-14(21)9-23-10-15(19)22/h2-3,6-10H,4-5H2,1H3,(H,25,26). The summed E-state index contributed by atoms with van der Waals surface area (Å²) in [4.78, 5) is 19.8. The van der Waals surface area contributed by atoms with Crippen LogP contribution < -0.4 is 14.8 Å². The number of benzene rings is 1. The predicted octanol–water partition coefficient (Wildman–Crippen LogP) is 3.75. The maximum atomic E-state index is 13.7. The zero-order chi connectivity index (χ0) is 19.7. The highest BCUT2D eigenvalue weighted by atomic mass is 19.1. The Balaban J connectivity index is 1.57. The number of carbonyl (C=O) groups is 1. The van der Waals surface area contributed by atoms with Gasteiger partial charge in [0.05, 0.1) is 30.0 Å². The van der Waals surface area contributed by atoms with Crippen molar-refractivity contribution in [3.63, 3.8) is 0 Å². The number of ether oxygens (including phenoxy) is 2. The van der Waals surface area contributed by atoms with Crippen molar-refractivity contribution in [2.45, 2.75) is 6.92 Å². The zero-order valence-corrected chi connectivity index (χ0v) is 14.8. The molecular weight excluding hydrogens is 368 g/mol. The van der Waals surface area contributed by atoms with Crippen molar-refractivity contribution in [3.05, 3.63) is 65.6 Å². The number of fused-ring (bicyclic) bond motifs is 1. The highest BCUT2D eigenvalue weighted by Crippen LogP contribution is 2.36. The molecule has 4 rings (SSSR count). The molecule has 28 heavy (non-hydrogen) atoms. The highest BCUT2D eigenvalue weighted by molar-refractivity contribution is 6.04. The minimum Gasteiger partial charge on any atom is -0.486 e. The van der Waals surface area contributed by atoms with Crippen LogP contribution in [0.3, 0.4) is 0 Å². The van der Waals surface area contributed by atoms with E-state index in [1.54, 1.807) is 12.1 Å². The fourth-order valence-electron chi connectivity index (χ4n) is 2.92. The van der Waals surface area contributed by atoms with Crippen LogP contribution in [0.25, 0.3) is 11.3 Å². The summed E-state index contributed by atoms with van der Waals surface area (Å²) >= 11 is 0. The molecule has 0 bridgehead atoms. The van der Waals surface area contributed by atoms with Gasteiger partial charge in [0, 0.05) is 5.56 Å². The molecule has 142 valence electrons. The number of aromatic nitrogens is 2. The van der Waals surface area contributed by atoms with E-state index in [1.165, 1.54) is 6.20 Å². The van der Waals surface area contributed by atoms with Gasteiger partial charge in [0.2, 0.25) is 0 Å². The van der Waals surface area contributed by atoms with Gasteiger partial charge in [-0.1, -0.05) is 0 Å². The first-order chi connectivity index (χ1) is 13.5. The fourth-order valence-corrected chi connectivity index (χ4v) is 2.92. The van der Waals surface area contributed by atoms with Crippen molar-refractivity contribution >= 4 is 11.6 Å². The van der Waals surface area contributed by atoms with Gasteiger partial charge in [-0.15, -0.1) is 0 Å². The smallest absolute Gasteiger partial charge is 0.261 e. The Bertz CT molecular complexity index is 1040. The minimum atomic E-state index is -1.03. The molecule has 0 radical (unpaired) electrons. The minimum absolute atomic E-state index is 0.305. The molecule has 0 unspecified atom stereocenters. The molecule has 0 spiro atoms. The lowest BCUT2D eigenvalue weighted by molar-refractivity contribution is 0.101. The molecule has 0 atom stereocenters. The molecular formula is C20H15F2N3O3. The number of hydrogen-bond acceptors (Lipinski definition) is 5. The van der Waals surface area contributed by atoms with E-state index in [-0.39, 0.29) is 0 Å². The molecule has 0 fully saturated rings. The lowest BCUT2D eigenvalue weighted by atomic mass is 10.0. The monoisotopic (exact) mass is 383 g/mol. The molecule has 6 nitrogen and oxygen atoms in total. The number of anilines is 1. The van der Waals surface area contributed by atoms with Gasteiger partial charge in [0.15, 0.2) is 23.1 Å². The SMILES string of the molecule is Cc1cc2c(cc1-c1ccc(NC(=O)c3c(F)cncc3F)cn1)OCCO2. The van der Waals surface area contributed by atoms with Gasteiger partial charge in [-0.2, -0.15) is 0 Å². The maximum absolute atomic E-state index is 13.7. The second-order valence-electron chi connectivity index (χ2n) is 6.18. The quantitative estimate of drug-likeness (QED) is 0.746. The average Bonchev–Trinajstić information content (AvgIpc) is 2.68. The third kappa shape index (κ3) is 3.36. The Morgan fingerprint density at radius 2 is 1.71 bits per heavy atom. The molecule has 1 amide bonds. The molecule has 1 aliphatic heterocycles. The summed E-state index contributed by atoms with van der Waals surface area (Å²) in [6.07, 6.45) is 2.98. The number of hydrogen-bond donors (Lipinski definition) is 1. The number of carbonyl (C=O) groups excluding carboxylic acids is 1. The van der Waals surface area contributed by atoms with Gasteiger partial charge in [-0.3, -0.25) is 14.8 Å². The number of amides is 1. The first-order valence-corrected chi connectivity index (χ1v) is 8.50. The molecule has 0 aliphatic carbocycles. The van der Waals surface area contributed by atoms with Crippen molar-refractivity contribution in [1.82, 2.24) is 9.97 Å². The van der Waals surface area contributed by atoms with Crippen LogP contribution in [0, 0.1) is 18.6 Å². The number of rotatable bonds is 3. The summed E-state index contributed by atoms with van der Waals surface area (Å²) in [7, 11) is 0. The van der Waals surface area contributed by atoms with Crippen molar-refractivity contribution in [2.75, 3.05) is 18.5 Å². The summed E-state index contributed by atoms with van der Waals surface area (Å²) in [5.74, 6) is -1.64. The van der Waals surface area contributed by atoms with Crippen LogP contribution in [0.5, 0.6) is 11.5 Å². The molecule has 0 saturated carbocycles. The number of pyridine rings is 2. The largest absolute Gasteiger partial charge is 0.486 e. The van der Waals surface area contributed by atoms with Crippen LogP contribution in [-0.4, -0.2) is 29.1 Å². The first-order valence-electron chi connectivity index (χ1n) is 8.50. The molecule has 1 N–H and O–H groups in total. The first kappa shape index (κ1) is 17.8. The van der Waals surface area contributed by atoms with Gasteiger partial charge >= 0.3 is 0 Å². The zero-order valence-electron chi connectivity index (χ0n) is 14.8. The van der Waals surface area contributed by atoms with Gasteiger partial charge in [0.1, 0.15) is 18.8 Å². The van der Waals surface area contributed by atoms with Gasteiger partial charge < -0.3 is 14.8 Å². The van der Waals surface area contributed by atoms with E-state index < -0.39 is 23.1 Å². The van der Waals surface area contributed by atoms with Crippen LogP contribution in [0.4, 0.5) is 14.5 Å². The molecule has 1 aromatic carbocycles. The van der Waals surface area contributed by atoms with E-state index >= 15 is 0 Å². The Morgan fingerprint density at radius 1 is 1.04 bits per heavy atom. The molecule has 3 heterocycles. The molecule has 8 heteroatoms. The van der Waals surface area contributed by atoms with Crippen LogP contribution in [0.2, 0.25) is 0 Å². The Kier molecular flexibility index (Phi) is 4.60. The third-order valence-corrected chi connectivity index (χ3v) is 4.27. The van der Waals surface area contributed by atoms with E-state index in [0.717, 1.165) is 23.5 Å². The maximum Gasteiger partial charge on any atom is 0.261 e. The average molecular weight is 383 g/mol. The van der Waals surface area contributed by atoms with E-state index in [0.29, 0.717) is 36.1 Å². The highest BCUT2D eigenvalue weighted by Gasteiger charge is 2.19. The number of halogens is 2. The Morgan fingerprint density at radius 3 is 2.36 bits per heavy atom. The Labute approximate surface area is 159 Å². The van der Waals surface area contributed by atoms with Gasteiger partial charge in [0.25, 0.3) is 5.91 Å². The number of nitrogens with zero attached hydrogens (tertiary/aromatic N) is 2. The van der Waals surface area contributed by atoms with Crippen LogP contribution in [0.15, 0.2) is 42.9 Å². The van der Waals surface area contributed by atoms with E-state index in [1.807, 2.05) is 19.1 Å².